The van der Waals surface area contributed by atoms with Gasteiger partial charge in [0.1, 0.15) is 6.04 Å². The average molecular weight is 333 g/mol. The first-order valence-electron chi connectivity index (χ1n) is 8.50. The highest BCUT2D eigenvalue weighted by Gasteiger charge is 2.35. The molecule has 132 valence electrons. The maximum absolute atomic E-state index is 12.1. The number of nitrogens with one attached hydrogen (secondary N) is 1. The van der Waals surface area contributed by atoms with Crippen LogP contribution in [0, 0.1) is 0 Å². The first-order valence-corrected chi connectivity index (χ1v) is 8.50. The number of hydrogen-bond donors (Lipinski definition) is 2. The number of carbonyl (C=O) groups is 2. The summed E-state index contributed by atoms with van der Waals surface area (Å²) in [6.07, 6.45) is 2.80. The Balaban J connectivity index is 1.68. The SMILES string of the molecule is CC(C(=O)O)N(CC(=O)NCCCN(C)c1ccccc1)C1CC1. The number of nitrogens with zero attached hydrogens (tertiary/aromatic N) is 2. The minimum atomic E-state index is -0.876. The van der Waals surface area contributed by atoms with Gasteiger partial charge in [-0.05, 0) is 38.3 Å². The van der Waals surface area contributed by atoms with E-state index in [1.54, 1.807) is 11.8 Å². The topological polar surface area (TPSA) is 72.9 Å². The lowest BCUT2D eigenvalue weighted by molar-refractivity contribution is -0.143. The molecule has 1 saturated carbocycles. The number of carboxylic acid groups (broad SMARTS) is 1. The molecule has 2 rings (SSSR count). The molecule has 6 nitrogen and oxygen atoms in total. The molecule has 0 saturated heterocycles. The van der Waals surface area contributed by atoms with Gasteiger partial charge in [-0.15, -0.1) is 0 Å². The fourth-order valence-corrected chi connectivity index (χ4v) is 2.71. The van der Waals surface area contributed by atoms with Gasteiger partial charge in [-0.2, -0.15) is 0 Å². The standard InChI is InChI=1S/C18H27N3O3/c1-14(18(23)24)21(16-9-10-16)13-17(22)19-11-6-12-20(2)15-7-4-3-5-8-15/h3-5,7-8,14,16H,6,9-13H2,1-2H3,(H,19,22)(H,23,24). The van der Waals surface area contributed by atoms with Crippen LogP contribution in [-0.4, -0.2) is 60.6 Å². The van der Waals surface area contributed by atoms with Crippen molar-refractivity contribution < 1.29 is 14.7 Å². The third kappa shape index (κ3) is 5.53. The second-order valence-corrected chi connectivity index (χ2v) is 6.38. The Hall–Kier alpha value is -2.08. The van der Waals surface area contributed by atoms with Gasteiger partial charge in [0.25, 0.3) is 0 Å². The zero-order valence-corrected chi connectivity index (χ0v) is 14.4. The molecule has 1 aromatic rings. The van der Waals surface area contributed by atoms with Gasteiger partial charge in [0.05, 0.1) is 6.54 Å². The molecule has 24 heavy (non-hydrogen) atoms. The second-order valence-electron chi connectivity index (χ2n) is 6.38. The maximum atomic E-state index is 12.1. The molecule has 1 fully saturated rings. The maximum Gasteiger partial charge on any atom is 0.320 e. The van der Waals surface area contributed by atoms with E-state index in [0.29, 0.717) is 6.54 Å². The van der Waals surface area contributed by atoms with Crippen LogP contribution in [0.3, 0.4) is 0 Å². The van der Waals surface area contributed by atoms with Gasteiger partial charge in [0.2, 0.25) is 5.91 Å². The number of para-hydroxylation sites is 1. The quantitative estimate of drug-likeness (QED) is 0.636. The Bertz CT molecular complexity index is 546. The van der Waals surface area contributed by atoms with E-state index in [1.807, 2.05) is 25.2 Å². The Morgan fingerprint density at radius 3 is 2.54 bits per heavy atom. The molecule has 0 spiro atoms. The van der Waals surface area contributed by atoms with Crippen LogP contribution in [0.2, 0.25) is 0 Å². The van der Waals surface area contributed by atoms with E-state index in [1.165, 1.54) is 0 Å². The molecule has 0 heterocycles. The smallest absolute Gasteiger partial charge is 0.320 e. The molecule has 1 atom stereocenters. The third-order valence-electron chi connectivity index (χ3n) is 4.39. The third-order valence-corrected chi connectivity index (χ3v) is 4.39. The van der Waals surface area contributed by atoms with Crippen LogP contribution < -0.4 is 10.2 Å². The van der Waals surface area contributed by atoms with Crippen LogP contribution in [0.15, 0.2) is 30.3 Å². The lowest BCUT2D eigenvalue weighted by atomic mass is 10.2. The summed E-state index contributed by atoms with van der Waals surface area (Å²) in [5.74, 6) is -0.975. The highest BCUT2D eigenvalue weighted by molar-refractivity contribution is 5.80. The molecule has 1 aromatic carbocycles. The van der Waals surface area contributed by atoms with Gasteiger partial charge in [-0.3, -0.25) is 14.5 Å². The summed E-state index contributed by atoms with van der Waals surface area (Å²) in [5.41, 5.74) is 1.15. The molecule has 6 heteroatoms. The molecular weight excluding hydrogens is 306 g/mol. The van der Waals surface area contributed by atoms with E-state index in [9.17, 15) is 9.59 Å². The zero-order valence-electron chi connectivity index (χ0n) is 14.4. The summed E-state index contributed by atoms with van der Waals surface area (Å²) in [6, 6.07) is 9.73. The van der Waals surface area contributed by atoms with E-state index in [4.69, 9.17) is 5.11 Å². The Kier molecular flexibility index (Phi) is 6.61. The second kappa shape index (κ2) is 8.68. The van der Waals surface area contributed by atoms with E-state index in [2.05, 4.69) is 22.3 Å². The molecule has 1 amide bonds. The number of amides is 1. The number of carboxylic acids is 1. The van der Waals surface area contributed by atoms with Crippen molar-refractivity contribution in [2.75, 3.05) is 31.6 Å². The Labute approximate surface area is 143 Å². The van der Waals surface area contributed by atoms with Gasteiger partial charge < -0.3 is 15.3 Å². The zero-order chi connectivity index (χ0) is 17.5. The number of rotatable bonds is 10. The molecule has 1 aliphatic rings. The molecule has 1 unspecified atom stereocenters. The van der Waals surface area contributed by atoms with Crippen LogP contribution in [0.1, 0.15) is 26.2 Å². The van der Waals surface area contributed by atoms with Crippen LogP contribution in [0.25, 0.3) is 0 Å². The van der Waals surface area contributed by atoms with Gasteiger partial charge in [0.15, 0.2) is 0 Å². The predicted octanol–water partition coefficient (Wildman–Crippen LogP) is 1.57. The summed E-state index contributed by atoms with van der Waals surface area (Å²) in [7, 11) is 2.03. The van der Waals surface area contributed by atoms with Crippen LogP contribution >= 0.6 is 0 Å². The van der Waals surface area contributed by atoms with Crippen molar-refractivity contribution in [3.8, 4) is 0 Å². The lowest BCUT2D eigenvalue weighted by Crippen LogP contribution is -2.46. The van der Waals surface area contributed by atoms with Gasteiger partial charge in [-0.25, -0.2) is 0 Å². The Morgan fingerprint density at radius 1 is 1.29 bits per heavy atom. The van der Waals surface area contributed by atoms with E-state index in [-0.39, 0.29) is 18.5 Å². The van der Waals surface area contributed by atoms with Crippen molar-refractivity contribution in [1.29, 1.82) is 0 Å². The van der Waals surface area contributed by atoms with E-state index >= 15 is 0 Å². The van der Waals surface area contributed by atoms with Crippen molar-refractivity contribution in [2.45, 2.75) is 38.3 Å². The van der Waals surface area contributed by atoms with Crippen molar-refractivity contribution >= 4 is 17.6 Å². The largest absolute Gasteiger partial charge is 0.480 e. The molecule has 0 radical (unpaired) electrons. The van der Waals surface area contributed by atoms with Crippen molar-refractivity contribution in [2.24, 2.45) is 0 Å². The number of benzene rings is 1. The molecule has 1 aliphatic carbocycles. The van der Waals surface area contributed by atoms with Gasteiger partial charge in [0, 0.05) is 31.9 Å². The number of hydrogen-bond acceptors (Lipinski definition) is 4. The number of anilines is 1. The summed E-state index contributed by atoms with van der Waals surface area (Å²) in [6.45, 7) is 3.24. The monoisotopic (exact) mass is 333 g/mol. The normalized spacial score (nSPS) is 15.1. The first kappa shape index (κ1) is 18.3. The number of aliphatic carboxylic acids is 1. The average Bonchev–Trinajstić information content (AvgIpc) is 3.41. The van der Waals surface area contributed by atoms with Crippen molar-refractivity contribution in [3.05, 3.63) is 30.3 Å². The number of carbonyl (C=O) groups excluding carboxylic acids is 1. The van der Waals surface area contributed by atoms with Gasteiger partial charge >= 0.3 is 5.97 Å². The highest BCUT2D eigenvalue weighted by atomic mass is 16.4. The first-order chi connectivity index (χ1) is 11.5. The van der Waals surface area contributed by atoms with Crippen LogP contribution in [-0.2, 0) is 9.59 Å². The molecule has 0 aromatic heterocycles. The summed E-state index contributed by atoms with van der Waals surface area (Å²) < 4.78 is 0. The summed E-state index contributed by atoms with van der Waals surface area (Å²) in [5, 5.41) is 12.0. The molecule has 0 aliphatic heterocycles. The molecular formula is C18H27N3O3. The van der Waals surface area contributed by atoms with E-state index < -0.39 is 12.0 Å². The van der Waals surface area contributed by atoms with Crippen molar-refractivity contribution in [3.63, 3.8) is 0 Å². The lowest BCUT2D eigenvalue weighted by Gasteiger charge is -2.25. The predicted molar refractivity (Wildman–Crippen MR) is 94.2 cm³/mol. The summed E-state index contributed by atoms with van der Waals surface area (Å²) >= 11 is 0. The fraction of sp³-hybridized carbons (Fsp3) is 0.556. The minimum absolute atomic E-state index is 0.0997. The van der Waals surface area contributed by atoms with Crippen molar-refractivity contribution in [1.82, 2.24) is 10.2 Å². The van der Waals surface area contributed by atoms with Gasteiger partial charge in [-0.1, -0.05) is 18.2 Å². The van der Waals surface area contributed by atoms with Crippen LogP contribution in [0.4, 0.5) is 5.69 Å². The Morgan fingerprint density at radius 2 is 1.96 bits per heavy atom. The molecule has 0 bridgehead atoms. The van der Waals surface area contributed by atoms with E-state index in [0.717, 1.165) is 31.5 Å². The fourth-order valence-electron chi connectivity index (χ4n) is 2.71. The highest BCUT2D eigenvalue weighted by Crippen LogP contribution is 2.28. The van der Waals surface area contributed by atoms with Crippen LogP contribution in [0.5, 0.6) is 0 Å². The molecule has 2 N–H and O–H groups in total. The minimum Gasteiger partial charge on any atom is -0.480 e. The summed E-state index contributed by atoms with van der Waals surface area (Å²) in [4.78, 5) is 27.1.